The first-order valence-corrected chi connectivity index (χ1v) is 12.6. The van der Waals surface area contributed by atoms with Crippen LogP contribution >= 0.6 is 0 Å². The molecule has 0 saturated heterocycles. The van der Waals surface area contributed by atoms with Crippen LogP contribution in [0.3, 0.4) is 0 Å². The van der Waals surface area contributed by atoms with Gasteiger partial charge < -0.3 is 9.41 Å². The Morgan fingerprint density at radius 3 is 2.12 bits per heavy atom. The number of rotatable bonds is 4. The lowest BCUT2D eigenvalue weighted by atomic mass is 10.3. The molecule has 1 aromatic rings. The van der Waals surface area contributed by atoms with Crippen molar-refractivity contribution in [2.45, 2.75) is 39.3 Å². The fraction of sp³-hybridized carbons (Fsp3) is 0.500. The lowest BCUT2D eigenvalue weighted by molar-refractivity contribution is 0.558. The van der Waals surface area contributed by atoms with Crippen LogP contribution in [0.4, 0.5) is 5.69 Å². The lowest BCUT2D eigenvalue weighted by Crippen LogP contribution is -2.32. The minimum absolute atomic E-state index is 0.988. The molecule has 0 saturated carbocycles. The van der Waals surface area contributed by atoms with Crippen molar-refractivity contribution < 1.29 is 4.43 Å². The highest BCUT2D eigenvalue weighted by molar-refractivity contribution is 6.79. The molecule has 1 aromatic carbocycles. The van der Waals surface area contributed by atoms with Gasteiger partial charge in [0.2, 0.25) is 8.32 Å². The zero-order valence-electron chi connectivity index (χ0n) is 11.2. The van der Waals surface area contributed by atoms with Gasteiger partial charge in [0.1, 0.15) is 14.0 Å². The first-order chi connectivity index (χ1) is 7.16. The molecule has 4 heteroatoms. The molecule has 0 aliphatic carbocycles. The molecule has 0 fully saturated rings. The second-order valence-corrected chi connectivity index (χ2v) is 15.3. The molecule has 0 aliphatic heterocycles. The third-order valence-electron chi connectivity index (χ3n) is 1.78. The minimum Gasteiger partial charge on any atom is -0.544 e. The average Bonchev–Trinajstić information content (AvgIpc) is 1.96. The van der Waals surface area contributed by atoms with Crippen LogP contribution in [0.15, 0.2) is 24.3 Å². The van der Waals surface area contributed by atoms with Crippen molar-refractivity contribution in [3.63, 3.8) is 0 Å². The molecule has 16 heavy (non-hydrogen) atoms. The zero-order chi connectivity index (χ0) is 12.4. The molecule has 0 spiro atoms. The second kappa shape index (κ2) is 4.63. The molecule has 0 heterocycles. The number of hydrogen-bond donors (Lipinski definition) is 1. The minimum atomic E-state index is -1.50. The van der Waals surface area contributed by atoms with Crippen LogP contribution in [0.2, 0.25) is 39.3 Å². The Morgan fingerprint density at radius 2 is 1.62 bits per heavy atom. The van der Waals surface area contributed by atoms with E-state index in [1.54, 1.807) is 0 Å². The van der Waals surface area contributed by atoms with Crippen LogP contribution in [0.5, 0.6) is 5.75 Å². The van der Waals surface area contributed by atoms with Gasteiger partial charge in [-0.1, -0.05) is 25.7 Å². The predicted octanol–water partition coefficient (Wildman–Crippen LogP) is 4.15. The van der Waals surface area contributed by atoms with Gasteiger partial charge in [-0.3, -0.25) is 0 Å². The van der Waals surface area contributed by atoms with Gasteiger partial charge in [-0.2, -0.15) is 0 Å². The maximum atomic E-state index is 5.97. The van der Waals surface area contributed by atoms with E-state index in [4.69, 9.17) is 4.43 Å². The molecular formula is C12H23NOSi2. The van der Waals surface area contributed by atoms with Gasteiger partial charge in [-0.05, 0) is 31.8 Å². The average molecular weight is 253 g/mol. The summed E-state index contributed by atoms with van der Waals surface area (Å²) in [4.78, 5) is 3.58. The van der Waals surface area contributed by atoms with E-state index < -0.39 is 16.6 Å². The smallest absolute Gasteiger partial charge is 0.242 e. The molecule has 90 valence electrons. The third kappa shape index (κ3) is 5.37. The summed E-state index contributed by atoms with van der Waals surface area (Å²) in [5.74, 6) is 0.988. The van der Waals surface area contributed by atoms with Gasteiger partial charge in [0.25, 0.3) is 0 Å². The van der Waals surface area contributed by atoms with Crippen molar-refractivity contribution in [3.05, 3.63) is 24.3 Å². The summed E-state index contributed by atoms with van der Waals surface area (Å²) in [6, 6.07) is 8.30. The monoisotopic (exact) mass is 253 g/mol. The summed E-state index contributed by atoms with van der Waals surface area (Å²) in [6.07, 6.45) is 0. The summed E-state index contributed by atoms with van der Waals surface area (Å²) < 4.78 is 5.97. The van der Waals surface area contributed by atoms with E-state index in [0.29, 0.717) is 0 Å². The first kappa shape index (κ1) is 13.3. The highest BCUT2D eigenvalue weighted by atomic mass is 28.4. The molecule has 1 N–H and O–H groups in total. The molecule has 0 aromatic heterocycles. The number of anilines is 1. The van der Waals surface area contributed by atoms with Gasteiger partial charge in [-0.15, -0.1) is 0 Å². The predicted molar refractivity (Wildman–Crippen MR) is 77.4 cm³/mol. The maximum Gasteiger partial charge on any atom is 0.242 e. The lowest BCUT2D eigenvalue weighted by Gasteiger charge is -2.22. The molecule has 0 unspecified atom stereocenters. The molecule has 0 radical (unpaired) electrons. The molecule has 0 atom stereocenters. The van der Waals surface area contributed by atoms with E-state index in [9.17, 15) is 0 Å². The molecular weight excluding hydrogens is 230 g/mol. The number of benzene rings is 1. The van der Waals surface area contributed by atoms with Gasteiger partial charge >= 0.3 is 0 Å². The maximum absolute atomic E-state index is 5.97. The molecule has 0 bridgehead atoms. The van der Waals surface area contributed by atoms with Gasteiger partial charge in [0.15, 0.2) is 0 Å². The summed E-state index contributed by atoms with van der Waals surface area (Å²) in [7, 11) is -2.77. The van der Waals surface area contributed by atoms with Crippen molar-refractivity contribution in [2.75, 3.05) is 4.98 Å². The van der Waals surface area contributed by atoms with Crippen molar-refractivity contribution in [3.8, 4) is 5.75 Å². The Balaban J connectivity index is 2.79. The van der Waals surface area contributed by atoms with Crippen LogP contribution in [0, 0.1) is 0 Å². The fourth-order valence-electron chi connectivity index (χ4n) is 1.42. The van der Waals surface area contributed by atoms with Crippen LogP contribution in [0.25, 0.3) is 0 Å². The summed E-state index contributed by atoms with van der Waals surface area (Å²) >= 11 is 0. The quantitative estimate of drug-likeness (QED) is 0.814. The van der Waals surface area contributed by atoms with Gasteiger partial charge in [0, 0.05) is 11.8 Å². The van der Waals surface area contributed by atoms with E-state index in [1.807, 2.05) is 6.07 Å². The second-order valence-electron chi connectivity index (χ2n) is 6.12. The van der Waals surface area contributed by atoms with Crippen molar-refractivity contribution in [1.29, 1.82) is 0 Å². The molecule has 2 nitrogen and oxygen atoms in total. The molecule has 1 rings (SSSR count). The fourth-order valence-corrected chi connectivity index (χ4v) is 3.28. The normalized spacial score (nSPS) is 12.4. The SMILES string of the molecule is C[Si](C)(C)Nc1cccc(O[Si](C)(C)C)c1. The van der Waals surface area contributed by atoms with Crippen LogP contribution in [0.1, 0.15) is 0 Å². The number of hydrogen-bond acceptors (Lipinski definition) is 2. The van der Waals surface area contributed by atoms with Crippen LogP contribution < -0.4 is 9.41 Å². The topological polar surface area (TPSA) is 21.3 Å². The van der Waals surface area contributed by atoms with Crippen molar-refractivity contribution in [2.24, 2.45) is 0 Å². The van der Waals surface area contributed by atoms with Gasteiger partial charge in [0.05, 0.1) is 0 Å². The van der Waals surface area contributed by atoms with Crippen molar-refractivity contribution in [1.82, 2.24) is 0 Å². The van der Waals surface area contributed by atoms with E-state index in [2.05, 4.69) is 62.5 Å². The zero-order valence-corrected chi connectivity index (χ0v) is 13.2. The first-order valence-electron chi connectivity index (χ1n) is 5.73. The number of nitrogens with one attached hydrogen (secondary N) is 1. The van der Waals surface area contributed by atoms with Gasteiger partial charge in [-0.25, -0.2) is 0 Å². The Kier molecular flexibility index (Phi) is 3.85. The Morgan fingerprint density at radius 1 is 1.00 bits per heavy atom. The van der Waals surface area contributed by atoms with Crippen LogP contribution in [-0.4, -0.2) is 16.6 Å². The van der Waals surface area contributed by atoms with E-state index in [0.717, 1.165) is 5.75 Å². The molecule has 0 amide bonds. The summed E-state index contributed by atoms with van der Waals surface area (Å²) in [5.41, 5.74) is 1.18. The molecule has 0 aliphatic rings. The third-order valence-corrected chi connectivity index (χ3v) is 3.66. The largest absolute Gasteiger partial charge is 0.544 e. The van der Waals surface area contributed by atoms with E-state index >= 15 is 0 Å². The van der Waals surface area contributed by atoms with E-state index in [-0.39, 0.29) is 0 Å². The standard InChI is InChI=1S/C12H23NOSi2/c1-15(2,3)13-11-8-7-9-12(10-11)14-16(4,5)6/h7-10,13H,1-6H3. The highest BCUT2D eigenvalue weighted by Crippen LogP contribution is 2.22. The Bertz CT molecular complexity index is 322. The Labute approximate surface area is 101 Å². The summed E-state index contributed by atoms with van der Waals surface area (Å²) in [6.45, 7) is 13.5. The van der Waals surface area contributed by atoms with Crippen LogP contribution in [-0.2, 0) is 0 Å². The Hall–Kier alpha value is -0.746. The summed E-state index contributed by atoms with van der Waals surface area (Å²) in [5, 5.41) is 0. The highest BCUT2D eigenvalue weighted by Gasteiger charge is 2.17. The van der Waals surface area contributed by atoms with E-state index in [1.165, 1.54) is 5.69 Å². The van der Waals surface area contributed by atoms with Crippen molar-refractivity contribution >= 4 is 22.2 Å².